The van der Waals surface area contributed by atoms with Crippen LogP contribution in [-0.4, -0.2) is 72.3 Å². The van der Waals surface area contributed by atoms with Crippen molar-refractivity contribution in [3.05, 3.63) is 23.8 Å². The van der Waals surface area contributed by atoms with E-state index in [2.05, 4.69) is 35.5 Å². The molecular weight excluding hydrogens is 430 g/mol. The van der Waals surface area contributed by atoms with Crippen molar-refractivity contribution < 1.29 is 14.3 Å². The molecule has 11 heteroatoms. The third-order valence-corrected chi connectivity index (χ3v) is 5.73. The van der Waals surface area contributed by atoms with Crippen molar-refractivity contribution in [1.82, 2.24) is 30.2 Å². The number of hydrogen-bond donors (Lipinski definition) is 3. The third-order valence-electron chi connectivity index (χ3n) is 4.92. The summed E-state index contributed by atoms with van der Waals surface area (Å²) in [6, 6.07) is 3.37. The smallest absolute Gasteiger partial charge is 0.320 e. The molecule has 0 spiro atoms. The number of nitrogens with one attached hydrogen (secondary N) is 3. The first-order valence-corrected chi connectivity index (χ1v) is 10.9. The number of amides is 2. The highest BCUT2D eigenvalue weighted by atomic mass is 32.1. The SMILES string of the molecule is COc1nc2ncsc2c(OC)c1-c1c[nH]c2nc(NC(=O)NCCCN(C)C)ccc12. The number of rotatable bonds is 8. The van der Waals surface area contributed by atoms with Gasteiger partial charge >= 0.3 is 6.03 Å². The topological polar surface area (TPSA) is 117 Å². The second-order valence-electron chi connectivity index (χ2n) is 7.37. The quantitative estimate of drug-likeness (QED) is 0.349. The second-order valence-corrected chi connectivity index (χ2v) is 8.22. The van der Waals surface area contributed by atoms with Crippen LogP contribution in [0.5, 0.6) is 11.6 Å². The van der Waals surface area contributed by atoms with Crippen molar-refractivity contribution in [2.24, 2.45) is 0 Å². The fourth-order valence-corrected chi connectivity index (χ4v) is 4.21. The number of urea groups is 1. The van der Waals surface area contributed by atoms with E-state index in [1.54, 1.807) is 25.8 Å². The lowest BCUT2D eigenvalue weighted by molar-refractivity contribution is 0.251. The van der Waals surface area contributed by atoms with Crippen molar-refractivity contribution >= 4 is 44.6 Å². The van der Waals surface area contributed by atoms with Crippen LogP contribution < -0.4 is 20.1 Å². The maximum Gasteiger partial charge on any atom is 0.320 e. The minimum absolute atomic E-state index is 0.287. The molecule has 0 aliphatic rings. The molecule has 10 nitrogen and oxygen atoms in total. The summed E-state index contributed by atoms with van der Waals surface area (Å²) in [7, 11) is 7.18. The van der Waals surface area contributed by atoms with Crippen LogP contribution in [0.15, 0.2) is 23.8 Å². The number of methoxy groups -OCH3 is 2. The number of carbonyl (C=O) groups is 1. The van der Waals surface area contributed by atoms with E-state index in [1.165, 1.54) is 11.3 Å². The van der Waals surface area contributed by atoms with Gasteiger partial charge in [-0.3, -0.25) is 5.32 Å². The zero-order chi connectivity index (χ0) is 22.7. The second kappa shape index (κ2) is 9.37. The number of ether oxygens (including phenoxy) is 2. The molecule has 32 heavy (non-hydrogen) atoms. The summed E-state index contributed by atoms with van der Waals surface area (Å²) in [6.07, 6.45) is 2.70. The molecule has 4 aromatic heterocycles. The number of nitrogens with zero attached hydrogens (tertiary/aromatic N) is 4. The fraction of sp³-hybridized carbons (Fsp3) is 0.333. The van der Waals surface area contributed by atoms with Gasteiger partial charge in [-0.25, -0.2) is 14.8 Å². The molecule has 0 saturated heterocycles. The van der Waals surface area contributed by atoms with Gasteiger partial charge in [-0.05, 0) is 39.2 Å². The van der Waals surface area contributed by atoms with Gasteiger partial charge in [0.1, 0.15) is 16.2 Å². The Morgan fingerprint density at radius 1 is 1.22 bits per heavy atom. The van der Waals surface area contributed by atoms with E-state index in [1.807, 2.05) is 26.4 Å². The highest BCUT2D eigenvalue weighted by Crippen LogP contribution is 2.45. The van der Waals surface area contributed by atoms with Crippen molar-refractivity contribution in [3.8, 4) is 22.8 Å². The monoisotopic (exact) mass is 455 g/mol. The number of H-pyrrole nitrogens is 1. The summed E-state index contributed by atoms with van der Waals surface area (Å²) in [5.41, 5.74) is 4.49. The normalized spacial score (nSPS) is 11.3. The van der Waals surface area contributed by atoms with Gasteiger partial charge in [-0.2, -0.15) is 4.98 Å². The Hall–Kier alpha value is -3.44. The Balaban J connectivity index is 1.61. The lowest BCUT2D eigenvalue weighted by Gasteiger charge is -2.12. The van der Waals surface area contributed by atoms with Gasteiger partial charge < -0.3 is 24.7 Å². The summed E-state index contributed by atoms with van der Waals surface area (Å²) in [6.45, 7) is 1.50. The van der Waals surface area contributed by atoms with Crippen LogP contribution in [0.1, 0.15) is 6.42 Å². The van der Waals surface area contributed by atoms with Gasteiger partial charge in [0.2, 0.25) is 5.88 Å². The van der Waals surface area contributed by atoms with E-state index in [-0.39, 0.29) is 6.03 Å². The van der Waals surface area contributed by atoms with E-state index in [9.17, 15) is 4.79 Å². The van der Waals surface area contributed by atoms with Crippen molar-refractivity contribution in [2.75, 3.05) is 46.7 Å². The van der Waals surface area contributed by atoms with Gasteiger partial charge in [0.05, 0.1) is 25.3 Å². The maximum absolute atomic E-state index is 12.2. The molecule has 0 aliphatic carbocycles. The van der Waals surface area contributed by atoms with Crippen LogP contribution in [0.25, 0.3) is 32.5 Å². The first-order valence-electron chi connectivity index (χ1n) is 10.0. The van der Waals surface area contributed by atoms with Crippen LogP contribution in [0.2, 0.25) is 0 Å². The average Bonchev–Trinajstić information content (AvgIpc) is 3.41. The number of carbonyl (C=O) groups excluding carboxylic acids is 1. The molecule has 4 aromatic rings. The lowest BCUT2D eigenvalue weighted by Crippen LogP contribution is -2.31. The summed E-state index contributed by atoms with van der Waals surface area (Å²) in [5, 5.41) is 6.46. The lowest BCUT2D eigenvalue weighted by atomic mass is 10.1. The van der Waals surface area contributed by atoms with Crippen molar-refractivity contribution in [3.63, 3.8) is 0 Å². The number of aromatic amines is 1. The van der Waals surface area contributed by atoms with E-state index < -0.39 is 0 Å². The zero-order valence-corrected chi connectivity index (χ0v) is 19.2. The standard InChI is InChI=1S/C21H25N7O3S/c1-28(2)9-5-8-22-21(29)26-14-7-6-12-13(10-23-18(12)25-14)15-16(30-3)17-19(24-11-32-17)27-20(15)31-4/h6-7,10-11H,5,8-9H2,1-4H3,(H3,22,23,25,26,29). The van der Waals surface area contributed by atoms with Crippen LogP contribution in [0.4, 0.5) is 10.6 Å². The molecule has 0 atom stereocenters. The summed E-state index contributed by atoms with van der Waals surface area (Å²) in [5.74, 6) is 1.51. The molecule has 2 amide bonds. The molecular formula is C21H25N7O3S. The van der Waals surface area contributed by atoms with Crippen LogP contribution in [-0.2, 0) is 0 Å². The summed E-state index contributed by atoms with van der Waals surface area (Å²) >= 11 is 1.46. The van der Waals surface area contributed by atoms with E-state index in [0.717, 1.165) is 34.2 Å². The van der Waals surface area contributed by atoms with E-state index in [0.29, 0.717) is 35.3 Å². The molecule has 3 N–H and O–H groups in total. The number of aromatic nitrogens is 4. The van der Waals surface area contributed by atoms with Crippen LogP contribution >= 0.6 is 11.3 Å². The Bertz CT molecular complexity index is 1250. The first kappa shape index (κ1) is 21.8. The Kier molecular flexibility index (Phi) is 6.37. The predicted octanol–water partition coefficient (Wildman–Crippen LogP) is 3.33. The maximum atomic E-state index is 12.2. The third kappa shape index (κ3) is 4.30. The molecule has 4 heterocycles. The molecule has 4 rings (SSSR count). The molecule has 0 radical (unpaired) electrons. The number of hydrogen-bond acceptors (Lipinski definition) is 8. The number of pyridine rings is 2. The predicted molar refractivity (Wildman–Crippen MR) is 126 cm³/mol. The van der Waals surface area contributed by atoms with Gasteiger partial charge in [0.25, 0.3) is 0 Å². The molecule has 0 aromatic carbocycles. The van der Waals surface area contributed by atoms with Crippen molar-refractivity contribution in [1.29, 1.82) is 0 Å². The molecule has 0 fully saturated rings. The van der Waals surface area contributed by atoms with Gasteiger partial charge in [0, 0.05) is 23.7 Å². The van der Waals surface area contributed by atoms with Crippen molar-refractivity contribution in [2.45, 2.75) is 6.42 Å². The highest BCUT2D eigenvalue weighted by Gasteiger charge is 2.23. The number of thiazole rings is 1. The molecule has 0 saturated carbocycles. The van der Waals surface area contributed by atoms with E-state index in [4.69, 9.17) is 9.47 Å². The Morgan fingerprint density at radius 2 is 2.06 bits per heavy atom. The van der Waals surface area contributed by atoms with Gasteiger partial charge in [-0.15, -0.1) is 11.3 Å². The Morgan fingerprint density at radius 3 is 2.81 bits per heavy atom. The summed E-state index contributed by atoms with van der Waals surface area (Å²) < 4.78 is 12.1. The van der Waals surface area contributed by atoms with E-state index >= 15 is 0 Å². The molecule has 0 aliphatic heterocycles. The van der Waals surface area contributed by atoms with Gasteiger partial charge in [-0.1, -0.05) is 0 Å². The van der Waals surface area contributed by atoms with Gasteiger partial charge in [0.15, 0.2) is 11.4 Å². The Labute approximate surface area is 189 Å². The largest absolute Gasteiger partial charge is 0.494 e. The highest BCUT2D eigenvalue weighted by molar-refractivity contribution is 7.17. The van der Waals surface area contributed by atoms with Crippen LogP contribution in [0, 0.1) is 0 Å². The zero-order valence-electron chi connectivity index (χ0n) is 18.4. The first-order chi connectivity index (χ1) is 15.5. The minimum Gasteiger partial charge on any atom is -0.494 e. The summed E-state index contributed by atoms with van der Waals surface area (Å²) in [4.78, 5) is 30.7. The molecule has 0 unspecified atom stereocenters. The average molecular weight is 456 g/mol. The number of anilines is 1. The van der Waals surface area contributed by atoms with Crippen LogP contribution in [0.3, 0.4) is 0 Å². The number of fused-ring (bicyclic) bond motifs is 2. The molecule has 0 bridgehead atoms. The molecule has 168 valence electrons. The fourth-order valence-electron chi connectivity index (χ4n) is 3.46. The minimum atomic E-state index is -0.287.